The van der Waals surface area contributed by atoms with E-state index < -0.39 is 0 Å². The van der Waals surface area contributed by atoms with Crippen molar-refractivity contribution in [3.8, 4) is 5.75 Å². The zero-order valence-electron chi connectivity index (χ0n) is 14.4. The molecule has 1 atom stereocenters. The van der Waals surface area contributed by atoms with Gasteiger partial charge in [0.25, 0.3) is 0 Å². The Morgan fingerprint density at radius 2 is 1.67 bits per heavy atom. The van der Waals surface area contributed by atoms with Gasteiger partial charge in [-0.3, -0.25) is 0 Å². The molecule has 24 heavy (non-hydrogen) atoms. The average molecular weight is 326 g/mol. The summed E-state index contributed by atoms with van der Waals surface area (Å²) in [6.07, 6.45) is 0.914. The van der Waals surface area contributed by atoms with E-state index in [9.17, 15) is 4.79 Å². The number of carbonyl (C=O) groups excluding carboxylic acids is 1. The zero-order chi connectivity index (χ0) is 17.2. The lowest BCUT2D eigenvalue weighted by molar-refractivity contribution is 0.236. The molecule has 4 nitrogen and oxygen atoms in total. The first-order valence-electron chi connectivity index (χ1n) is 8.42. The van der Waals surface area contributed by atoms with Crippen molar-refractivity contribution in [2.24, 2.45) is 0 Å². The molecule has 4 heteroatoms. The third-order valence-corrected chi connectivity index (χ3v) is 3.97. The molecule has 0 aliphatic carbocycles. The van der Waals surface area contributed by atoms with Crippen molar-refractivity contribution in [2.45, 2.75) is 26.2 Å². The summed E-state index contributed by atoms with van der Waals surface area (Å²) in [4.78, 5) is 11.8. The van der Waals surface area contributed by atoms with Crippen LogP contribution in [0.4, 0.5) is 4.79 Å². The summed E-state index contributed by atoms with van der Waals surface area (Å²) >= 11 is 0. The fourth-order valence-corrected chi connectivity index (χ4v) is 2.46. The van der Waals surface area contributed by atoms with Gasteiger partial charge in [0.05, 0.1) is 6.54 Å². The summed E-state index contributed by atoms with van der Waals surface area (Å²) in [5.74, 6) is 1.28. The first-order valence-corrected chi connectivity index (χ1v) is 8.42. The smallest absolute Gasteiger partial charge is 0.314 e. The van der Waals surface area contributed by atoms with E-state index in [1.165, 1.54) is 5.56 Å². The lowest BCUT2D eigenvalue weighted by atomic mass is 9.98. The number of aryl methyl sites for hydroxylation is 1. The Balaban J connectivity index is 1.58. The summed E-state index contributed by atoms with van der Waals surface area (Å²) in [5, 5.41) is 5.70. The van der Waals surface area contributed by atoms with Crippen molar-refractivity contribution in [3.05, 3.63) is 65.7 Å². The molecule has 0 spiro atoms. The molecule has 2 N–H and O–H groups in total. The van der Waals surface area contributed by atoms with Crippen molar-refractivity contribution < 1.29 is 9.53 Å². The van der Waals surface area contributed by atoms with Crippen molar-refractivity contribution in [2.75, 3.05) is 19.7 Å². The molecule has 1 unspecified atom stereocenters. The molecule has 0 radical (unpaired) electrons. The van der Waals surface area contributed by atoms with E-state index >= 15 is 0 Å². The maximum atomic E-state index is 11.8. The van der Waals surface area contributed by atoms with Gasteiger partial charge < -0.3 is 15.4 Å². The molecule has 0 aliphatic rings. The number of nitrogens with one attached hydrogen (secondary N) is 2. The molecule has 0 fully saturated rings. The van der Waals surface area contributed by atoms with Crippen LogP contribution in [-0.4, -0.2) is 25.7 Å². The van der Waals surface area contributed by atoms with E-state index in [1.54, 1.807) is 0 Å². The van der Waals surface area contributed by atoms with Crippen LogP contribution in [0.3, 0.4) is 0 Å². The van der Waals surface area contributed by atoms with Crippen molar-refractivity contribution in [1.29, 1.82) is 0 Å². The standard InChI is InChI=1S/C20H26N2O2/c1-16(18-9-4-3-5-10-18)12-13-21-20(23)22-14-15-24-19-11-7-6-8-17(19)2/h3-11,16H,12-15H2,1-2H3,(H2,21,22,23). The predicted octanol–water partition coefficient (Wildman–Crippen LogP) is 3.87. The summed E-state index contributed by atoms with van der Waals surface area (Å²) < 4.78 is 5.65. The number of rotatable bonds is 8. The molecular formula is C20H26N2O2. The van der Waals surface area contributed by atoms with Gasteiger partial charge in [-0.2, -0.15) is 0 Å². The Bertz CT molecular complexity index is 629. The Morgan fingerprint density at radius 1 is 1.00 bits per heavy atom. The maximum absolute atomic E-state index is 11.8. The highest BCUT2D eigenvalue weighted by molar-refractivity contribution is 5.73. The minimum atomic E-state index is -0.149. The molecule has 0 saturated carbocycles. The number of ether oxygens (including phenoxy) is 1. The molecule has 2 amide bonds. The van der Waals surface area contributed by atoms with Crippen LogP contribution in [0.2, 0.25) is 0 Å². The fourth-order valence-electron chi connectivity index (χ4n) is 2.46. The van der Waals surface area contributed by atoms with Gasteiger partial charge >= 0.3 is 6.03 Å². The van der Waals surface area contributed by atoms with Crippen LogP contribution in [0.1, 0.15) is 30.4 Å². The minimum Gasteiger partial charge on any atom is -0.491 e. The van der Waals surface area contributed by atoms with Crippen LogP contribution in [0.15, 0.2) is 54.6 Å². The van der Waals surface area contributed by atoms with Crippen LogP contribution >= 0.6 is 0 Å². The third kappa shape index (κ3) is 5.95. The van der Waals surface area contributed by atoms with Crippen LogP contribution in [0, 0.1) is 6.92 Å². The van der Waals surface area contributed by atoms with Gasteiger partial charge in [0, 0.05) is 6.54 Å². The van der Waals surface area contributed by atoms with E-state index in [-0.39, 0.29) is 6.03 Å². The summed E-state index contributed by atoms with van der Waals surface area (Å²) in [5.41, 5.74) is 2.39. The Morgan fingerprint density at radius 3 is 2.42 bits per heavy atom. The predicted molar refractivity (Wildman–Crippen MR) is 97.5 cm³/mol. The van der Waals surface area contributed by atoms with Gasteiger partial charge in [-0.1, -0.05) is 55.5 Å². The SMILES string of the molecule is Cc1ccccc1OCCNC(=O)NCCC(C)c1ccccc1. The van der Waals surface area contributed by atoms with Gasteiger partial charge in [-0.15, -0.1) is 0 Å². The van der Waals surface area contributed by atoms with Gasteiger partial charge in [-0.25, -0.2) is 4.79 Å². The Hall–Kier alpha value is -2.49. The average Bonchev–Trinajstić information content (AvgIpc) is 2.61. The fraction of sp³-hybridized carbons (Fsp3) is 0.350. The van der Waals surface area contributed by atoms with E-state index in [2.05, 4.69) is 29.7 Å². The highest BCUT2D eigenvalue weighted by Gasteiger charge is 2.06. The van der Waals surface area contributed by atoms with E-state index in [1.807, 2.05) is 49.4 Å². The summed E-state index contributed by atoms with van der Waals surface area (Å²) in [6, 6.07) is 18.0. The molecule has 0 bridgehead atoms. The topological polar surface area (TPSA) is 50.4 Å². The second kappa shape index (κ2) is 9.60. The highest BCUT2D eigenvalue weighted by Crippen LogP contribution is 2.17. The highest BCUT2D eigenvalue weighted by atomic mass is 16.5. The van der Waals surface area contributed by atoms with Crippen molar-refractivity contribution in [1.82, 2.24) is 10.6 Å². The lowest BCUT2D eigenvalue weighted by Crippen LogP contribution is -2.38. The Kier molecular flexibility index (Phi) is 7.15. The van der Waals surface area contributed by atoms with Crippen LogP contribution in [0.25, 0.3) is 0 Å². The largest absolute Gasteiger partial charge is 0.491 e. The second-order valence-electron chi connectivity index (χ2n) is 5.90. The molecule has 128 valence electrons. The second-order valence-corrected chi connectivity index (χ2v) is 5.90. The minimum absolute atomic E-state index is 0.149. The summed E-state index contributed by atoms with van der Waals surface area (Å²) in [6.45, 7) is 5.77. The van der Waals surface area contributed by atoms with Crippen LogP contribution in [-0.2, 0) is 0 Å². The van der Waals surface area contributed by atoms with Crippen LogP contribution < -0.4 is 15.4 Å². The monoisotopic (exact) mass is 326 g/mol. The molecule has 2 aromatic carbocycles. The molecule has 2 aromatic rings. The first kappa shape index (κ1) is 17.9. The number of urea groups is 1. The van der Waals surface area contributed by atoms with Crippen LogP contribution in [0.5, 0.6) is 5.75 Å². The van der Waals surface area contributed by atoms with Gasteiger partial charge in [0.2, 0.25) is 0 Å². The normalized spacial score (nSPS) is 11.6. The van der Waals surface area contributed by atoms with Gasteiger partial charge in [0.15, 0.2) is 0 Å². The third-order valence-electron chi connectivity index (χ3n) is 3.97. The van der Waals surface area contributed by atoms with Gasteiger partial charge in [0.1, 0.15) is 12.4 Å². The van der Waals surface area contributed by atoms with E-state index in [4.69, 9.17) is 4.74 Å². The molecule has 0 heterocycles. The first-order chi connectivity index (χ1) is 11.7. The molecule has 2 rings (SSSR count). The van der Waals surface area contributed by atoms with E-state index in [0.29, 0.717) is 25.6 Å². The summed E-state index contributed by atoms with van der Waals surface area (Å²) in [7, 11) is 0. The number of benzene rings is 2. The molecule has 0 aliphatic heterocycles. The number of amides is 2. The molecule has 0 saturated heterocycles. The van der Waals surface area contributed by atoms with Crippen molar-refractivity contribution >= 4 is 6.03 Å². The Labute approximate surface area is 144 Å². The quantitative estimate of drug-likeness (QED) is 0.724. The number of para-hydroxylation sites is 1. The van der Waals surface area contributed by atoms with E-state index in [0.717, 1.165) is 17.7 Å². The number of hydrogen-bond donors (Lipinski definition) is 2. The van der Waals surface area contributed by atoms with Gasteiger partial charge in [-0.05, 0) is 36.5 Å². The van der Waals surface area contributed by atoms with Crippen molar-refractivity contribution in [3.63, 3.8) is 0 Å². The zero-order valence-corrected chi connectivity index (χ0v) is 14.4. The lowest BCUT2D eigenvalue weighted by Gasteiger charge is -2.13. The maximum Gasteiger partial charge on any atom is 0.314 e. The molecular weight excluding hydrogens is 300 g/mol. The number of hydrogen-bond acceptors (Lipinski definition) is 2. The molecule has 0 aromatic heterocycles. The number of carbonyl (C=O) groups is 1.